The van der Waals surface area contributed by atoms with Crippen LogP contribution in [0.4, 0.5) is 5.69 Å². The first-order valence-corrected chi connectivity index (χ1v) is 10.5. The molecular formula is C18H27N3O4S. The molecule has 2 aliphatic rings. The summed E-state index contributed by atoms with van der Waals surface area (Å²) in [6.45, 7) is 6.25. The maximum absolute atomic E-state index is 12.8. The summed E-state index contributed by atoms with van der Waals surface area (Å²) in [5.74, 6) is -0.445. The lowest BCUT2D eigenvalue weighted by atomic mass is 9.98. The topological polar surface area (TPSA) is 79.0 Å². The number of nitrogens with one attached hydrogen (secondary N) is 1. The van der Waals surface area contributed by atoms with Crippen molar-refractivity contribution in [3.05, 3.63) is 29.3 Å². The van der Waals surface area contributed by atoms with Crippen LogP contribution in [-0.4, -0.2) is 62.3 Å². The van der Waals surface area contributed by atoms with Gasteiger partial charge in [-0.15, -0.1) is 0 Å². The van der Waals surface area contributed by atoms with E-state index in [1.54, 1.807) is 0 Å². The van der Waals surface area contributed by atoms with Crippen LogP contribution in [0, 0.1) is 19.8 Å². The van der Waals surface area contributed by atoms with Crippen molar-refractivity contribution in [1.82, 2.24) is 8.61 Å². The number of aryl methyl sites for hydroxylation is 2. The minimum atomic E-state index is -3.53. The fourth-order valence-corrected chi connectivity index (χ4v) is 5.16. The number of rotatable bonds is 4. The number of piperidine rings is 1. The summed E-state index contributed by atoms with van der Waals surface area (Å²) >= 11 is 0. The molecule has 1 aromatic carbocycles. The molecule has 26 heavy (non-hydrogen) atoms. The van der Waals surface area contributed by atoms with Gasteiger partial charge in [0.25, 0.3) is 10.2 Å². The number of nitrogens with zero attached hydrogens (tertiary/aromatic N) is 2. The van der Waals surface area contributed by atoms with Crippen LogP contribution in [-0.2, 0) is 19.7 Å². The van der Waals surface area contributed by atoms with Crippen LogP contribution in [0.1, 0.15) is 24.0 Å². The largest absolute Gasteiger partial charge is 0.379 e. The van der Waals surface area contributed by atoms with Crippen LogP contribution in [0.5, 0.6) is 0 Å². The highest BCUT2D eigenvalue weighted by Crippen LogP contribution is 2.24. The number of morpholine rings is 1. The fourth-order valence-electron chi connectivity index (χ4n) is 3.50. The van der Waals surface area contributed by atoms with Crippen molar-refractivity contribution < 1.29 is 17.9 Å². The number of hydrogen-bond donors (Lipinski definition) is 1. The van der Waals surface area contributed by atoms with Crippen LogP contribution >= 0.6 is 0 Å². The molecule has 2 saturated heterocycles. The lowest BCUT2D eigenvalue weighted by Crippen LogP contribution is -2.52. The van der Waals surface area contributed by atoms with E-state index < -0.39 is 10.2 Å². The van der Waals surface area contributed by atoms with E-state index in [1.807, 2.05) is 32.0 Å². The summed E-state index contributed by atoms with van der Waals surface area (Å²) in [6.07, 6.45) is 1.39. The van der Waals surface area contributed by atoms with E-state index >= 15 is 0 Å². The van der Waals surface area contributed by atoms with Gasteiger partial charge in [0.1, 0.15) is 0 Å². The molecule has 1 N–H and O–H groups in total. The van der Waals surface area contributed by atoms with Crippen molar-refractivity contribution in [2.45, 2.75) is 26.7 Å². The van der Waals surface area contributed by atoms with Gasteiger partial charge in [-0.1, -0.05) is 17.7 Å². The van der Waals surface area contributed by atoms with Gasteiger partial charge in [-0.05, 0) is 38.3 Å². The molecule has 0 spiro atoms. The molecular weight excluding hydrogens is 354 g/mol. The van der Waals surface area contributed by atoms with Gasteiger partial charge in [0.15, 0.2) is 0 Å². The van der Waals surface area contributed by atoms with Crippen molar-refractivity contribution in [3.63, 3.8) is 0 Å². The molecule has 2 aliphatic heterocycles. The lowest BCUT2D eigenvalue weighted by Gasteiger charge is -2.36. The molecule has 2 heterocycles. The Labute approximate surface area is 155 Å². The fraction of sp³-hybridized carbons (Fsp3) is 0.611. The normalized spacial score (nSPS) is 22.9. The van der Waals surface area contributed by atoms with Crippen molar-refractivity contribution in [1.29, 1.82) is 0 Å². The number of ether oxygens (including phenoxy) is 1. The highest BCUT2D eigenvalue weighted by Gasteiger charge is 2.36. The summed E-state index contributed by atoms with van der Waals surface area (Å²) in [7, 11) is -3.53. The Morgan fingerprint density at radius 3 is 2.58 bits per heavy atom. The molecule has 1 atom stereocenters. The zero-order chi connectivity index (χ0) is 18.7. The van der Waals surface area contributed by atoms with Crippen LogP contribution in [0.25, 0.3) is 0 Å². The molecule has 2 fully saturated rings. The zero-order valence-corrected chi connectivity index (χ0v) is 16.2. The Morgan fingerprint density at radius 1 is 1.15 bits per heavy atom. The Morgan fingerprint density at radius 2 is 1.88 bits per heavy atom. The molecule has 3 rings (SSSR count). The summed E-state index contributed by atoms with van der Waals surface area (Å²) in [5.41, 5.74) is 2.93. The Kier molecular flexibility index (Phi) is 5.96. The van der Waals surface area contributed by atoms with Crippen molar-refractivity contribution in [2.24, 2.45) is 5.92 Å². The maximum Gasteiger partial charge on any atom is 0.282 e. The van der Waals surface area contributed by atoms with Crippen molar-refractivity contribution >= 4 is 21.8 Å². The first kappa shape index (κ1) is 19.3. The molecule has 1 aromatic rings. The van der Waals surface area contributed by atoms with Gasteiger partial charge in [0.05, 0.1) is 19.1 Å². The number of hydrogen-bond acceptors (Lipinski definition) is 4. The first-order valence-electron chi connectivity index (χ1n) is 9.09. The van der Waals surface area contributed by atoms with Crippen molar-refractivity contribution in [3.8, 4) is 0 Å². The van der Waals surface area contributed by atoms with E-state index in [-0.39, 0.29) is 18.4 Å². The van der Waals surface area contributed by atoms with E-state index in [0.717, 1.165) is 16.8 Å². The second kappa shape index (κ2) is 8.04. The molecule has 8 heteroatoms. The Hall–Kier alpha value is -1.48. The summed E-state index contributed by atoms with van der Waals surface area (Å²) in [4.78, 5) is 12.7. The third-order valence-corrected chi connectivity index (χ3v) is 7.02. The average Bonchev–Trinajstić information content (AvgIpc) is 2.65. The van der Waals surface area contributed by atoms with E-state index in [0.29, 0.717) is 45.7 Å². The Bertz CT molecular complexity index is 760. The zero-order valence-electron chi connectivity index (χ0n) is 15.4. The monoisotopic (exact) mass is 381 g/mol. The highest BCUT2D eigenvalue weighted by molar-refractivity contribution is 7.86. The van der Waals surface area contributed by atoms with Crippen LogP contribution in [0.2, 0.25) is 0 Å². The minimum absolute atomic E-state index is 0.112. The minimum Gasteiger partial charge on any atom is -0.379 e. The van der Waals surface area contributed by atoms with E-state index in [2.05, 4.69) is 5.32 Å². The average molecular weight is 381 g/mol. The van der Waals surface area contributed by atoms with E-state index in [4.69, 9.17) is 4.74 Å². The van der Waals surface area contributed by atoms with E-state index in [9.17, 15) is 13.2 Å². The molecule has 1 amide bonds. The summed E-state index contributed by atoms with van der Waals surface area (Å²) in [5, 5.41) is 2.96. The third-order valence-electron chi connectivity index (χ3n) is 5.02. The smallest absolute Gasteiger partial charge is 0.282 e. The van der Waals surface area contributed by atoms with Gasteiger partial charge < -0.3 is 10.1 Å². The second-order valence-electron chi connectivity index (χ2n) is 7.02. The molecule has 0 bridgehead atoms. The number of carbonyl (C=O) groups excluding carboxylic acids is 1. The van der Waals surface area contributed by atoms with Gasteiger partial charge in [-0.3, -0.25) is 4.79 Å². The molecule has 0 radical (unpaired) electrons. The number of benzene rings is 1. The number of anilines is 1. The third kappa shape index (κ3) is 4.25. The van der Waals surface area contributed by atoms with Crippen LogP contribution in [0.15, 0.2) is 18.2 Å². The number of amides is 1. The van der Waals surface area contributed by atoms with Gasteiger partial charge in [-0.25, -0.2) is 0 Å². The SMILES string of the molecule is Cc1ccc(NC(=O)C2CCCN(S(=O)(=O)N3CCOCC3)C2)c(C)c1. The predicted octanol–water partition coefficient (Wildman–Crippen LogP) is 1.53. The number of carbonyl (C=O) groups is 1. The van der Waals surface area contributed by atoms with Gasteiger partial charge in [0.2, 0.25) is 5.91 Å². The second-order valence-corrected chi connectivity index (χ2v) is 8.95. The quantitative estimate of drug-likeness (QED) is 0.858. The predicted molar refractivity (Wildman–Crippen MR) is 100 cm³/mol. The Balaban J connectivity index is 1.66. The molecule has 0 aliphatic carbocycles. The van der Waals surface area contributed by atoms with E-state index in [1.165, 1.54) is 8.61 Å². The highest BCUT2D eigenvalue weighted by atomic mass is 32.2. The molecule has 0 saturated carbocycles. The molecule has 7 nitrogen and oxygen atoms in total. The molecule has 144 valence electrons. The van der Waals surface area contributed by atoms with Gasteiger partial charge in [-0.2, -0.15) is 17.0 Å². The lowest BCUT2D eigenvalue weighted by molar-refractivity contribution is -0.120. The summed E-state index contributed by atoms with van der Waals surface area (Å²) in [6, 6.07) is 5.87. The van der Waals surface area contributed by atoms with Gasteiger partial charge in [0, 0.05) is 31.9 Å². The van der Waals surface area contributed by atoms with Crippen LogP contribution < -0.4 is 5.32 Å². The molecule has 0 aromatic heterocycles. The van der Waals surface area contributed by atoms with Gasteiger partial charge >= 0.3 is 0 Å². The maximum atomic E-state index is 12.8. The van der Waals surface area contributed by atoms with Crippen LogP contribution in [0.3, 0.4) is 0 Å². The summed E-state index contributed by atoms with van der Waals surface area (Å²) < 4.78 is 33.8. The standard InChI is InChI=1S/C18H27N3O4S/c1-14-5-6-17(15(2)12-14)19-18(22)16-4-3-7-21(13-16)26(23,24)20-8-10-25-11-9-20/h5-6,12,16H,3-4,7-11,13H2,1-2H3,(H,19,22). The van der Waals surface area contributed by atoms with Crippen molar-refractivity contribution in [2.75, 3.05) is 44.7 Å². The first-order chi connectivity index (χ1) is 12.4. The molecule has 1 unspecified atom stereocenters.